The first-order chi connectivity index (χ1) is 12.4. The average Bonchev–Trinajstić information content (AvgIpc) is 3.02. The second kappa shape index (κ2) is 7.26. The van der Waals surface area contributed by atoms with Crippen LogP contribution >= 0.6 is 0 Å². The summed E-state index contributed by atoms with van der Waals surface area (Å²) in [7, 11) is 0. The van der Waals surface area contributed by atoms with E-state index in [-0.39, 0.29) is 12.3 Å². The Morgan fingerprint density at radius 1 is 1.15 bits per heavy atom. The number of rotatable bonds is 6. The van der Waals surface area contributed by atoms with Crippen LogP contribution in [0, 0.1) is 5.41 Å². The minimum absolute atomic E-state index is 0.0438. The number of carbonyl (C=O) groups is 1. The lowest BCUT2D eigenvalue weighted by molar-refractivity contribution is -0.136. The van der Waals surface area contributed by atoms with Crippen LogP contribution in [0.15, 0.2) is 53.6 Å². The summed E-state index contributed by atoms with van der Waals surface area (Å²) < 4.78 is 0. The fraction of sp³-hybridized carbons (Fsp3) is 0.211. The molecule has 1 aliphatic heterocycles. The maximum Gasteiger partial charge on any atom is 0.303 e. The molecule has 2 aromatic rings. The highest BCUT2D eigenvalue weighted by Crippen LogP contribution is 2.25. The Morgan fingerprint density at radius 3 is 2.35 bits per heavy atom. The third kappa shape index (κ3) is 3.83. The lowest BCUT2D eigenvalue weighted by Crippen LogP contribution is -2.29. The van der Waals surface area contributed by atoms with Gasteiger partial charge in [0.25, 0.3) is 0 Å². The molecule has 0 aromatic heterocycles. The monoisotopic (exact) mass is 351 g/mol. The fourth-order valence-electron chi connectivity index (χ4n) is 2.81. The van der Waals surface area contributed by atoms with Crippen molar-refractivity contribution in [1.29, 1.82) is 5.41 Å². The number of hydrogen-bond donors (Lipinski definition) is 3. The van der Waals surface area contributed by atoms with Crippen molar-refractivity contribution in [3.63, 3.8) is 0 Å². The molecule has 0 saturated heterocycles. The highest BCUT2D eigenvalue weighted by atomic mass is 16.4. The summed E-state index contributed by atoms with van der Waals surface area (Å²) >= 11 is 0. The summed E-state index contributed by atoms with van der Waals surface area (Å²) in [6.45, 7) is 2.53. The normalized spacial score (nSPS) is 13.7. The van der Waals surface area contributed by atoms with Gasteiger partial charge in [-0.1, -0.05) is 12.1 Å². The Morgan fingerprint density at radius 2 is 1.77 bits per heavy atom. The van der Waals surface area contributed by atoms with E-state index in [2.05, 4.69) is 10.0 Å². The van der Waals surface area contributed by atoms with E-state index in [0.29, 0.717) is 18.7 Å². The van der Waals surface area contributed by atoms with Crippen LogP contribution in [0.3, 0.4) is 0 Å². The maximum atomic E-state index is 10.7. The van der Waals surface area contributed by atoms with Crippen molar-refractivity contribution in [1.82, 2.24) is 0 Å². The number of anilines is 2. The van der Waals surface area contributed by atoms with E-state index in [4.69, 9.17) is 16.2 Å². The molecule has 3 rings (SSSR count). The molecule has 4 N–H and O–H groups in total. The van der Waals surface area contributed by atoms with Crippen LogP contribution in [-0.4, -0.2) is 29.4 Å². The molecule has 2 aromatic carbocycles. The number of carboxylic acids is 1. The fourth-order valence-corrected chi connectivity index (χ4v) is 2.81. The molecule has 1 aliphatic rings. The molecule has 0 aliphatic carbocycles. The Kier molecular flexibility index (Phi) is 4.88. The van der Waals surface area contributed by atoms with E-state index in [0.717, 1.165) is 22.8 Å². The second-order valence-corrected chi connectivity index (χ2v) is 6.14. The van der Waals surface area contributed by atoms with Crippen LogP contribution in [0.4, 0.5) is 11.4 Å². The van der Waals surface area contributed by atoms with Gasteiger partial charge in [0.15, 0.2) is 0 Å². The average molecular weight is 351 g/mol. The van der Waals surface area contributed by atoms with E-state index in [1.807, 2.05) is 60.5 Å². The van der Waals surface area contributed by atoms with Gasteiger partial charge in [0, 0.05) is 17.7 Å². The standard InChI is InChI=1S/C19H21N5O2/c1-13-22-24(17-9-5-15(6-10-17)19(20)21)12-23(13)16-7-2-14(3-8-16)4-11-18(25)26/h2-3,5-10H,4,11-12H2,1H3,(H3,20,21)(H,25,26). The predicted molar refractivity (Wildman–Crippen MR) is 103 cm³/mol. The van der Waals surface area contributed by atoms with Gasteiger partial charge in [-0.25, -0.2) is 5.01 Å². The van der Waals surface area contributed by atoms with Gasteiger partial charge in [0.05, 0.1) is 5.69 Å². The molecule has 0 saturated carbocycles. The lowest BCUT2D eigenvalue weighted by Gasteiger charge is -2.21. The molecule has 7 heteroatoms. The summed E-state index contributed by atoms with van der Waals surface area (Å²) in [6.07, 6.45) is 0.658. The van der Waals surface area contributed by atoms with Crippen LogP contribution in [0.5, 0.6) is 0 Å². The first kappa shape index (κ1) is 17.5. The van der Waals surface area contributed by atoms with E-state index in [1.165, 1.54) is 0 Å². The van der Waals surface area contributed by atoms with Crippen molar-refractivity contribution in [2.24, 2.45) is 10.8 Å². The van der Waals surface area contributed by atoms with Gasteiger partial charge >= 0.3 is 5.97 Å². The zero-order valence-corrected chi connectivity index (χ0v) is 14.5. The number of aryl methyl sites for hydroxylation is 1. The van der Waals surface area contributed by atoms with Gasteiger partial charge in [0.2, 0.25) is 0 Å². The molecule has 26 heavy (non-hydrogen) atoms. The second-order valence-electron chi connectivity index (χ2n) is 6.14. The van der Waals surface area contributed by atoms with E-state index >= 15 is 0 Å². The lowest BCUT2D eigenvalue weighted by atomic mass is 10.1. The summed E-state index contributed by atoms with van der Waals surface area (Å²) in [5.41, 5.74) is 9.11. The molecular weight excluding hydrogens is 330 g/mol. The third-order valence-electron chi connectivity index (χ3n) is 4.28. The van der Waals surface area contributed by atoms with Crippen molar-refractivity contribution < 1.29 is 9.90 Å². The van der Waals surface area contributed by atoms with Crippen molar-refractivity contribution in [2.45, 2.75) is 19.8 Å². The van der Waals surface area contributed by atoms with Crippen LogP contribution < -0.4 is 15.6 Å². The number of hydrogen-bond acceptors (Lipinski definition) is 5. The Balaban J connectivity index is 1.70. The van der Waals surface area contributed by atoms with Crippen molar-refractivity contribution >= 4 is 29.0 Å². The first-order valence-corrected chi connectivity index (χ1v) is 8.29. The zero-order valence-electron chi connectivity index (χ0n) is 14.5. The molecule has 0 spiro atoms. The number of hydrazone groups is 1. The van der Waals surface area contributed by atoms with Crippen molar-refractivity contribution in [2.75, 3.05) is 16.6 Å². The van der Waals surface area contributed by atoms with E-state index < -0.39 is 5.97 Å². The predicted octanol–water partition coefficient (Wildman–Crippen LogP) is 2.61. The third-order valence-corrected chi connectivity index (χ3v) is 4.28. The van der Waals surface area contributed by atoms with Gasteiger partial charge in [-0.2, -0.15) is 5.10 Å². The molecule has 0 radical (unpaired) electrons. The van der Waals surface area contributed by atoms with Gasteiger partial charge in [0.1, 0.15) is 18.3 Å². The number of benzene rings is 2. The van der Waals surface area contributed by atoms with Gasteiger partial charge in [-0.3, -0.25) is 10.2 Å². The summed E-state index contributed by atoms with van der Waals surface area (Å²) in [4.78, 5) is 12.8. The van der Waals surface area contributed by atoms with Crippen LogP contribution in [0.1, 0.15) is 24.5 Å². The van der Waals surface area contributed by atoms with Gasteiger partial charge in [-0.15, -0.1) is 0 Å². The molecular formula is C19H21N5O2. The Labute approximate surface area is 151 Å². The SMILES string of the molecule is CC1=NN(c2ccc(C(=N)N)cc2)CN1c1ccc(CCC(=O)O)cc1. The van der Waals surface area contributed by atoms with Crippen molar-refractivity contribution in [3.8, 4) is 0 Å². The van der Waals surface area contributed by atoms with Gasteiger partial charge in [-0.05, 0) is 55.3 Å². The van der Waals surface area contributed by atoms with E-state index in [1.54, 1.807) is 0 Å². The molecule has 0 unspecified atom stereocenters. The number of aliphatic carboxylic acids is 1. The largest absolute Gasteiger partial charge is 0.481 e. The molecule has 0 atom stereocenters. The number of nitrogens with two attached hydrogens (primary N) is 1. The molecule has 0 bridgehead atoms. The summed E-state index contributed by atoms with van der Waals surface area (Å²) in [6, 6.07) is 15.3. The minimum atomic E-state index is -0.789. The quantitative estimate of drug-likeness (QED) is 0.548. The smallest absolute Gasteiger partial charge is 0.303 e. The highest BCUT2D eigenvalue weighted by molar-refractivity contribution is 5.99. The molecule has 134 valence electrons. The number of amidine groups is 2. The molecule has 1 heterocycles. The first-order valence-electron chi connectivity index (χ1n) is 8.29. The number of carboxylic acid groups (broad SMARTS) is 1. The number of nitrogen functional groups attached to an aromatic ring is 1. The van der Waals surface area contributed by atoms with Crippen LogP contribution in [0.2, 0.25) is 0 Å². The molecule has 0 fully saturated rings. The molecule has 0 amide bonds. The Bertz CT molecular complexity index is 843. The minimum Gasteiger partial charge on any atom is -0.481 e. The van der Waals surface area contributed by atoms with Crippen molar-refractivity contribution in [3.05, 3.63) is 59.7 Å². The zero-order chi connectivity index (χ0) is 18.7. The Hall–Kier alpha value is -3.35. The highest BCUT2D eigenvalue weighted by Gasteiger charge is 2.22. The van der Waals surface area contributed by atoms with Crippen LogP contribution in [-0.2, 0) is 11.2 Å². The number of nitrogens with zero attached hydrogens (tertiary/aromatic N) is 3. The van der Waals surface area contributed by atoms with E-state index in [9.17, 15) is 4.79 Å². The maximum absolute atomic E-state index is 10.7. The topological polar surface area (TPSA) is 106 Å². The summed E-state index contributed by atoms with van der Waals surface area (Å²) in [5, 5.41) is 22.7. The molecule has 7 nitrogen and oxygen atoms in total. The summed E-state index contributed by atoms with van der Waals surface area (Å²) in [5.74, 6) is 0.129. The van der Waals surface area contributed by atoms with Crippen LogP contribution in [0.25, 0.3) is 0 Å². The van der Waals surface area contributed by atoms with Gasteiger partial charge < -0.3 is 15.7 Å². The number of nitrogens with one attached hydrogen (secondary N) is 1.